The number of hydrogen-bond acceptors (Lipinski definition) is 7. The highest BCUT2D eigenvalue weighted by Crippen LogP contribution is 2.23. The number of likely N-dealkylation sites (tertiary alicyclic amines) is 1. The summed E-state index contributed by atoms with van der Waals surface area (Å²) < 4.78 is 37.5. The van der Waals surface area contributed by atoms with E-state index in [0.717, 1.165) is 37.2 Å². The first kappa shape index (κ1) is 19.1. The zero-order valence-electron chi connectivity index (χ0n) is 15.7. The van der Waals surface area contributed by atoms with Crippen molar-refractivity contribution in [3.05, 3.63) is 51.9 Å². The molecule has 2 aliphatic rings. The summed E-state index contributed by atoms with van der Waals surface area (Å²) in [5.41, 5.74) is 1.45. The standard InChI is InChI=1S/C19H23N3O5S/c1-14-4-6-17(7-5-14)28(24,25)26-13-16-12-22-15(11-21-8-2-3-9-21)10-18(23)20-19(22)27-16/h4-7,10,16H,2-3,8-9,11-13H2,1H3/t16-/m0/s1. The zero-order chi connectivity index (χ0) is 19.7. The Morgan fingerprint density at radius 3 is 2.64 bits per heavy atom. The summed E-state index contributed by atoms with van der Waals surface area (Å²) in [4.78, 5) is 18.2. The highest BCUT2D eigenvalue weighted by atomic mass is 32.2. The molecule has 1 saturated heterocycles. The second-order valence-corrected chi connectivity index (χ2v) is 8.87. The number of aromatic nitrogens is 2. The van der Waals surface area contributed by atoms with Gasteiger partial charge < -0.3 is 4.74 Å². The Kier molecular flexibility index (Phi) is 5.22. The molecule has 2 aliphatic heterocycles. The van der Waals surface area contributed by atoms with Crippen LogP contribution in [0.1, 0.15) is 24.1 Å². The van der Waals surface area contributed by atoms with Gasteiger partial charge in [0.25, 0.3) is 21.7 Å². The number of ether oxygens (including phenoxy) is 1. The lowest BCUT2D eigenvalue weighted by Crippen LogP contribution is -2.25. The molecule has 0 saturated carbocycles. The lowest BCUT2D eigenvalue weighted by molar-refractivity contribution is 0.147. The van der Waals surface area contributed by atoms with Crippen molar-refractivity contribution in [1.82, 2.24) is 14.5 Å². The van der Waals surface area contributed by atoms with Crippen LogP contribution >= 0.6 is 0 Å². The van der Waals surface area contributed by atoms with Crippen molar-refractivity contribution >= 4 is 10.1 Å². The Bertz CT molecular complexity index is 1010. The van der Waals surface area contributed by atoms with Crippen LogP contribution in [0.2, 0.25) is 0 Å². The minimum Gasteiger partial charge on any atom is -0.457 e. The smallest absolute Gasteiger partial charge is 0.300 e. The van der Waals surface area contributed by atoms with Crippen LogP contribution in [-0.2, 0) is 27.4 Å². The highest BCUT2D eigenvalue weighted by Gasteiger charge is 2.29. The van der Waals surface area contributed by atoms with E-state index >= 15 is 0 Å². The first-order chi connectivity index (χ1) is 13.4. The molecule has 0 bridgehead atoms. The summed E-state index contributed by atoms with van der Waals surface area (Å²) in [6.45, 7) is 4.81. The van der Waals surface area contributed by atoms with Crippen LogP contribution in [0, 0.1) is 6.92 Å². The molecular formula is C19H23N3O5S. The fraction of sp³-hybridized carbons (Fsp3) is 0.474. The van der Waals surface area contributed by atoms with Gasteiger partial charge in [0, 0.05) is 18.3 Å². The quantitative estimate of drug-likeness (QED) is 0.669. The maximum atomic E-state index is 12.4. The Labute approximate surface area is 163 Å². The van der Waals surface area contributed by atoms with E-state index in [-0.39, 0.29) is 23.1 Å². The second-order valence-electron chi connectivity index (χ2n) is 7.25. The van der Waals surface area contributed by atoms with E-state index < -0.39 is 16.2 Å². The van der Waals surface area contributed by atoms with Gasteiger partial charge in [-0.25, -0.2) is 0 Å². The van der Waals surface area contributed by atoms with E-state index in [0.29, 0.717) is 13.1 Å². The third-order valence-electron chi connectivity index (χ3n) is 5.03. The van der Waals surface area contributed by atoms with Crippen LogP contribution < -0.4 is 10.3 Å². The van der Waals surface area contributed by atoms with Crippen LogP contribution in [0.4, 0.5) is 0 Å². The largest absolute Gasteiger partial charge is 0.457 e. The third-order valence-corrected chi connectivity index (χ3v) is 6.33. The van der Waals surface area contributed by atoms with E-state index in [1.165, 1.54) is 18.2 Å². The average molecular weight is 405 g/mol. The fourth-order valence-corrected chi connectivity index (χ4v) is 4.47. The second kappa shape index (κ2) is 7.65. The van der Waals surface area contributed by atoms with Gasteiger partial charge in [-0.05, 0) is 45.0 Å². The minimum absolute atomic E-state index is 0.107. The molecule has 0 unspecified atom stereocenters. The van der Waals surface area contributed by atoms with Gasteiger partial charge in [-0.2, -0.15) is 13.4 Å². The summed E-state index contributed by atoms with van der Waals surface area (Å²) in [5.74, 6) is 0. The predicted molar refractivity (Wildman–Crippen MR) is 102 cm³/mol. The van der Waals surface area contributed by atoms with E-state index in [2.05, 4.69) is 9.88 Å². The number of aryl methyl sites for hydroxylation is 1. The summed E-state index contributed by atoms with van der Waals surface area (Å²) in [5, 5.41) is 0. The average Bonchev–Trinajstić information content (AvgIpc) is 3.30. The lowest BCUT2D eigenvalue weighted by atomic mass is 10.2. The van der Waals surface area contributed by atoms with Gasteiger partial charge >= 0.3 is 0 Å². The van der Waals surface area contributed by atoms with E-state index in [1.54, 1.807) is 12.1 Å². The van der Waals surface area contributed by atoms with Crippen molar-refractivity contribution in [3.63, 3.8) is 0 Å². The van der Waals surface area contributed by atoms with Crippen molar-refractivity contribution in [2.24, 2.45) is 0 Å². The molecule has 8 nitrogen and oxygen atoms in total. The maximum Gasteiger partial charge on any atom is 0.300 e. The Morgan fingerprint density at radius 2 is 1.93 bits per heavy atom. The number of fused-ring (bicyclic) bond motifs is 1. The molecule has 0 radical (unpaired) electrons. The Balaban J connectivity index is 1.44. The van der Waals surface area contributed by atoms with Crippen molar-refractivity contribution in [3.8, 4) is 6.01 Å². The number of rotatable bonds is 6. The molecule has 0 N–H and O–H groups in total. The molecule has 3 heterocycles. The van der Waals surface area contributed by atoms with Gasteiger partial charge in [-0.1, -0.05) is 17.7 Å². The van der Waals surface area contributed by atoms with Gasteiger partial charge in [-0.15, -0.1) is 0 Å². The molecule has 9 heteroatoms. The molecule has 1 fully saturated rings. The highest BCUT2D eigenvalue weighted by molar-refractivity contribution is 7.86. The van der Waals surface area contributed by atoms with Crippen LogP contribution in [-0.4, -0.2) is 48.7 Å². The Morgan fingerprint density at radius 1 is 1.21 bits per heavy atom. The van der Waals surface area contributed by atoms with E-state index in [9.17, 15) is 13.2 Å². The van der Waals surface area contributed by atoms with Crippen molar-refractivity contribution in [1.29, 1.82) is 0 Å². The third kappa shape index (κ3) is 4.11. The first-order valence-corrected chi connectivity index (χ1v) is 10.8. The normalized spacial score (nSPS) is 19.5. The van der Waals surface area contributed by atoms with Gasteiger partial charge in [0.15, 0.2) is 0 Å². The molecule has 2 aromatic rings. The van der Waals surface area contributed by atoms with Crippen LogP contribution in [0.25, 0.3) is 0 Å². The molecule has 4 rings (SSSR count). The van der Waals surface area contributed by atoms with Crippen LogP contribution in [0.15, 0.2) is 40.0 Å². The van der Waals surface area contributed by atoms with Crippen molar-refractivity contribution < 1.29 is 17.3 Å². The summed E-state index contributed by atoms with van der Waals surface area (Å²) >= 11 is 0. The molecule has 1 atom stereocenters. The number of nitrogens with zero attached hydrogens (tertiary/aromatic N) is 3. The van der Waals surface area contributed by atoms with Crippen molar-refractivity contribution in [2.75, 3.05) is 19.7 Å². The van der Waals surface area contributed by atoms with Crippen LogP contribution in [0.5, 0.6) is 6.01 Å². The van der Waals surface area contributed by atoms with E-state index in [1.807, 2.05) is 11.5 Å². The van der Waals surface area contributed by atoms with Gasteiger partial charge in [0.05, 0.1) is 11.4 Å². The molecular weight excluding hydrogens is 382 g/mol. The topological polar surface area (TPSA) is 90.7 Å². The monoisotopic (exact) mass is 405 g/mol. The molecule has 0 amide bonds. The number of hydrogen-bond donors (Lipinski definition) is 0. The van der Waals surface area contributed by atoms with Crippen molar-refractivity contribution in [2.45, 2.75) is 43.9 Å². The first-order valence-electron chi connectivity index (χ1n) is 9.36. The number of benzene rings is 1. The summed E-state index contributed by atoms with van der Waals surface area (Å²) in [6, 6.07) is 8.23. The summed E-state index contributed by atoms with van der Waals surface area (Å²) in [6.07, 6.45) is 1.80. The van der Waals surface area contributed by atoms with E-state index in [4.69, 9.17) is 8.92 Å². The summed E-state index contributed by atoms with van der Waals surface area (Å²) in [7, 11) is -3.87. The lowest BCUT2D eigenvalue weighted by Gasteiger charge is -2.17. The molecule has 28 heavy (non-hydrogen) atoms. The SMILES string of the molecule is Cc1ccc(S(=O)(=O)OC[C@@H]2Cn3c(CN4CCCC4)cc(=O)nc3O2)cc1. The minimum atomic E-state index is -3.87. The van der Waals surface area contributed by atoms with Gasteiger partial charge in [0.1, 0.15) is 12.7 Å². The molecule has 150 valence electrons. The fourth-order valence-electron chi connectivity index (χ4n) is 3.53. The molecule has 0 spiro atoms. The van der Waals surface area contributed by atoms with Gasteiger partial charge in [-0.3, -0.25) is 18.4 Å². The molecule has 1 aromatic heterocycles. The predicted octanol–water partition coefficient (Wildman–Crippen LogP) is 1.31. The maximum absolute atomic E-state index is 12.4. The van der Waals surface area contributed by atoms with Gasteiger partial charge in [0.2, 0.25) is 0 Å². The van der Waals surface area contributed by atoms with Crippen LogP contribution in [0.3, 0.4) is 0 Å². The molecule has 0 aliphatic carbocycles. The zero-order valence-corrected chi connectivity index (χ0v) is 16.5. The molecule has 1 aromatic carbocycles. The Hall–Kier alpha value is -2.23.